The Labute approximate surface area is 271 Å². The number of carbonyl (C=O) groups is 2. The highest BCUT2D eigenvalue weighted by Crippen LogP contribution is 2.44. The summed E-state index contributed by atoms with van der Waals surface area (Å²) in [4.78, 5) is 57.1. The van der Waals surface area contributed by atoms with Crippen molar-refractivity contribution in [1.29, 1.82) is 0 Å². The first-order valence-corrected chi connectivity index (χ1v) is 15.1. The van der Waals surface area contributed by atoms with Gasteiger partial charge in [-0.15, -0.1) is 0 Å². The predicted molar refractivity (Wildman–Crippen MR) is 173 cm³/mol. The lowest BCUT2D eigenvalue weighted by molar-refractivity contribution is -0.130. The zero-order valence-electron chi connectivity index (χ0n) is 25.2. The van der Waals surface area contributed by atoms with Crippen LogP contribution >= 0.6 is 23.2 Å². The monoisotopic (exact) mass is 668 g/mol. The molecule has 2 aliphatic heterocycles. The van der Waals surface area contributed by atoms with E-state index < -0.39 is 63.2 Å². The second-order valence-corrected chi connectivity index (χ2v) is 12.4. The van der Waals surface area contributed by atoms with Gasteiger partial charge in [0.1, 0.15) is 17.6 Å². The smallest absolute Gasteiger partial charge is 0.355 e. The van der Waals surface area contributed by atoms with Gasteiger partial charge in [0, 0.05) is 18.8 Å². The standard InChI is InChI=1S/C31H28Cl2F2N8O3/c1-6-18(44)41-11-17-30(45)39-26-20-28(42(17)10-14(41)5)40-31(46)43(27-13(4)7-8-37-24(27)12(2)3)29(20)38-25(22(26)35)19-21(34)15(32)9-16(33)23(19)36/h6-9,12,14,17H,1,10-11,36H2,2-5H3,(H,39,45). The number of pyridine rings is 2. The molecule has 5 heterocycles. The lowest BCUT2D eigenvalue weighted by Crippen LogP contribution is -2.62. The molecule has 0 aliphatic carbocycles. The molecule has 2 aliphatic rings. The van der Waals surface area contributed by atoms with Gasteiger partial charge in [-0.2, -0.15) is 4.98 Å². The minimum atomic E-state index is -1.16. The number of fused-ring (bicyclic) bond motifs is 2. The number of nitrogens with zero attached hydrogens (tertiary/aromatic N) is 6. The van der Waals surface area contributed by atoms with Gasteiger partial charge in [0.05, 0.1) is 50.3 Å². The van der Waals surface area contributed by atoms with Gasteiger partial charge in [0.25, 0.3) is 0 Å². The number of aryl methyl sites for hydroxylation is 1. The van der Waals surface area contributed by atoms with Crippen LogP contribution in [0.15, 0.2) is 35.8 Å². The van der Waals surface area contributed by atoms with Crippen LogP contribution < -0.4 is 21.6 Å². The van der Waals surface area contributed by atoms with Crippen LogP contribution in [0.2, 0.25) is 10.0 Å². The zero-order chi connectivity index (χ0) is 33.4. The maximum absolute atomic E-state index is 16.8. The number of piperazine rings is 1. The molecule has 11 nitrogen and oxygen atoms in total. The van der Waals surface area contributed by atoms with Gasteiger partial charge in [-0.1, -0.05) is 43.6 Å². The van der Waals surface area contributed by atoms with Crippen molar-refractivity contribution < 1.29 is 18.4 Å². The van der Waals surface area contributed by atoms with E-state index in [4.69, 9.17) is 28.9 Å². The van der Waals surface area contributed by atoms with Gasteiger partial charge in [-0.3, -0.25) is 14.6 Å². The average molecular weight is 670 g/mol. The molecule has 1 saturated heterocycles. The molecule has 6 rings (SSSR count). The van der Waals surface area contributed by atoms with Crippen molar-refractivity contribution in [3.63, 3.8) is 0 Å². The summed E-state index contributed by atoms with van der Waals surface area (Å²) in [7, 11) is 0. The summed E-state index contributed by atoms with van der Waals surface area (Å²) in [6.45, 7) is 10.8. The Bertz CT molecular complexity index is 2040. The molecule has 238 valence electrons. The summed E-state index contributed by atoms with van der Waals surface area (Å²) in [5.74, 6) is -3.56. The Morgan fingerprint density at radius 1 is 1.17 bits per heavy atom. The van der Waals surface area contributed by atoms with Gasteiger partial charge in [-0.05, 0) is 43.5 Å². The molecule has 1 aromatic carbocycles. The minimum Gasteiger partial charge on any atom is -0.397 e. The summed E-state index contributed by atoms with van der Waals surface area (Å²) in [5, 5.41) is 2.00. The molecule has 1 fully saturated rings. The average Bonchev–Trinajstić information content (AvgIpc) is 3.12. The number of nitrogens with two attached hydrogens (primary N) is 1. The molecule has 3 N–H and O–H groups in total. The maximum atomic E-state index is 16.8. The summed E-state index contributed by atoms with van der Waals surface area (Å²) < 4.78 is 33.6. The zero-order valence-corrected chi connectivity index (χ0v) is 26.7. The highest BCUT2D eigenvalue weighted by atomic mass is 35.5. The Hall–Kier alpha value is -4.62. The summed E-state index contributed by atoms with van der Waals surface area (Å²) in [6, 6.07) is 1.26. The number of aromatic nitrogens is 4. The molecule has 46 heavy (non-hydrogen) atoms. The lowest BCUT2D eigenvalue weighted by Gasteiger charge is -2.44. The van der Waals surface area contributed by atoms with Crippen LogP contribution in [-0.4, -0.2) is 61.4 Å². The Morgan fingerprint density at radius 3 is 2.57 bits per heavy atom. The maximum Gasteiger partial charge on any atom is 0.355 e. The minimum absolute atomic E-state index is 0.0162. The molecule has 15 heteroatoms. The number of nitrogen functional groups attached to an aromatic ring is 1. The fourth-order valence-corrected chi connectivity index (χ4v) is 6.56. The number of nitrogens with one attached hydrogen (secondary N) is 1. The molecule has 0 bridgehead atoms. The third-order valence-corrected chi connectivity index (χ3v) is 8.92. The Kier molecular flexibility index (Phi) is 7.72. The number of carbonyl (C=O) groups excluding carboxylic acids is 2. The Balaban J connectivity index is 1.77. The second-order valence-electron chi connectivity index (χ2n) is 11.6. The van der Waals surface area contributed by atoms with Crippen LogP contribution in [-0.2, 0) is 9.59 Å². The van der Waals surface area contributed by atoms with Crippen LogP contribution in [0.25, 0.3) is 28.0 Å². The number of hydrogen-bond acceptors (Lipinski definition) is 8. The summed E-state index contributed by atoms with van der Waals surface area (Å²) in [6.07, 6.45) is 2.74. The third-order valence-electron chi connectivity index (χ3n) is 8.34. The van der Waals surface area contributed by atoms with E-state index in [9.17, 15) is 14.4 Å². The lowest BCUT2D eigenvalue weighted by atomic mass is 10.0. The highest BCUT2D eigenvalue weighted by molar-refractivity contribution is 6.37. The molecule has 2 unspecified atom stereocenters. The van der Waals surface area contributed by atoms with Crippen LogP contribution in [0.5, 0.6) is 0 Å². The molecule has 0 spiro atoms. The van der Waals surface area contributed by atoms with Gasteiger partial charge >= 0.3 is 5.69 Å². The number of benzene rings is 1. The molecule has 2 atom stereocenters. The van der Waals surface area contributed by atoms with Crippen molar-refractivity contribution >= 4 is 63.2 Å². The number of hydrogen-bond donors (Lipinski definition) is 2. The second kappa shape index (κ2) is 11.3. The fourth-order valence-electron chi connectivity index (χ4n) is 6.09. The largest absolute Gasteiger partial charge is 0.397 e. The quantitative estimate of drug-likeness (QED) is 0.176. The van der Waals surface area contributed by atoms with E-state index in [0.29, 0.717) is 16.9 Å². The first kappa shape index (κ1) is 31.4. The van der Waals surface area contributed by atoms with Gasteiger partial charge in [0.15, 0.2) is 17.3 Å². The first-order chi connectivity index (χ1) is 21.8. The topological polar surface area (TPSA) is 139 Å². The molecule has 0 saturated carbocycles. The molecule has 3 aromatic heterocycles. The van der Waals surface area contributed by atoms with Crippen LogP contribution in [0.3, 0.4) is 0 Å². The number of amides is 2. The van der Waals surface area contributed by atoms with Crippen molar-refractivity contribution in [3.8, 4) is 16.9 Å². The SMILES string of the molecule is C=CC(=O)N1CC2C(=O)Nc3c(F)c(-c4c(N)c(Cl)cc(Cl)c4F)nc4c3c(nc(=O)n4-c3c(C)ccnc3C(C)C)N2CC1C. The van der Waals surface area contributed by atoms with E-state index in [1.165, 1.54) is 9.47 Å². The van der Waals surface area contributed by atoms with Crippen LogP contribution in [0, 0.1) is 18.6 Å². The van der Waals surface area contributed by atoms with E-state index >= 15 is 8.78 Å². The molecule has 4 aromatic rings. The first-order valence-electron chi connectivity index (χ1n) is 14.3. The van der Waals surface area contributed by atoms with E-state index in [1.54, 1.807) is 31.0 Å². The fraction of sp³-hybridized carbons (Fsp3) is 0.290. The van der Waals surface area contributed by atoms with E-state index in [1.807, 2.05) is 13.8 Å². The Morgan fingerprint density at radius 2 is 1.89 bits per heavy atom. The number of rotatable bonds is 4. The van der Waals surface area contributed by atoms with Crippen molar-refractivity contribution in [3.05, 3.63) is 74.4 Å². The van der Waals surface area contributed by atoms with Gasteiger partial charge in [-0.25, -0.2) is 23.1 Å². The molecule has 2 amide bonds. The van der Waals surface area contributed by atoms with Crippen molar-refractivity contribution in [2.75, 3.05) is 29.0 Å². The van der Waals surface area contributed by atoms with Gasteiger partial charge in [0.2, 0.25) is 11.8 Å². The third kappa shape index (κ3) is 4.68. The van der Waals surface area contributed by atoms with Crippen molar-refractivity contribution in [2.45, 2.75) is 45.7 Å². The van der Waals surface area contributed by atoms with Crippen LogP contribution in [0.4, 0.5) is 26.0 Å². The summed E-state index contributed by atoms with van der Waals surface area (Å²) >= 11 is 12.3. The van der Waals surface area contributed by atoms with Crippen LogP contribution in [0.1, 0.15) is 37.9 Å². The van der Waals surface area contributed by atoms with Crippen molar-refractivity contribution in [2.24, 2.45) is 0 Å². The number of halogens is 4. The van der Waals surface area contributed by atoms with Gasteiger partial charge < -0.3 is 20.9 Å². The highest BCUT2D eigenvalue weighted by Gasteiger charge is 2.43. The molecular weight excluding hydrogens is 641 g/mol. The summed E-state index contributed by atoms with van der Waals surface area (Å²) in [5.41, 5.74) is 4.74. The van der Waals surface area contributed by atoms with E-state index in [-0.39, 0.29) is 46.6 Å². The molecule has 0 radical (unpaired) electrons. The van der Waals surface area contributed by atoms with E-state index in [0.717, 1.165) is 12.1 Å². The van der Waals surface area contributed by atoms with Crippen molar-refractivity contribution in [1.82, 2.24) is 24.4 Å². The molecular formula is C31H28Cl2F2N8O3. The number of anilines is 3. The van der Waals surface area contributed by atoms with E-state index in [2.05, 4.69) is 26.8 Å². The normalized spacial score (nSPS) is 17.6. The predicted octanol–water partition coefficient (Wildman–Crippen LogP) is 4.99.